The first-order valence-electron chi connectivity index (χ1n) is 14.1. The number of phenolic OH excluding ortho intramolecular Hbond substituents is 1. The average molecular weight is 555 g/mol. The number of carbonyl (C=O) groups is 1. The molecule has 5 atom stereocenters. The van der Waals surface area contributed by atoms with Gasteiger partial charge in [0, 0.05) is 31.3 Å². The third-order valence-electron chi connectivity index (χ3n) is 10.2. The third-order valence-corrected chi connectivity index (χ3v) is 10.2. The zero-order valence-electron chi connectivity index (χ0n) is 22.3. The van der Waals surface area contributed by atoms with E-state index in [1.54, 1.807) is 18.0 Å². The van der Waals surface area contributed by atoms with E-state index in [0.29, 0.717) is 42.9 Å². The van der Waals surface area contributed by atoms with Crippen LogP contribution in [0.25, 0.3) is 6.08 Å². The van der Waals surface area contributed by atoms with Crippen molar-refractivity contribution in [1.29, 1.82) is 0 Å². The number of hydrogen-bond donors (Lipinski definition) is 2. The van der Waals surface area contributed by atoms with Gasteiger partial charge in [0.1, 0.15) is 6.10 Å². The smallest absolute Gasteiger partial charge is 0.416 e. The van der Waals surface area contributed by atoms with Gasteiger partial charge in [0.25, 0.3) is 0 Å². The lowest BCUT2D eigenvalue weighted by atomic mass is 9.48. The van der Waals surface area contributed by atoms with E-state index in [-0.39, 0.29) is 23.7 Å². The molecule has 212 valence electrons. The Bertz CT molecular complexity index is 1390. The molecule has 2 aromatic rings. The lowest BCUT2D eigenvalue weighted by Gasteiger charge is -2.64. The summed E-state index contributed by atoms with van der Waals surface area (Å²) in [7, 11) is 1.71. The fourth-order valence-corrected chi connectivity index (χ4v) is 8.08. The van der Waals surface area contributed by atoms with Crippen molar-refractivity contribution in [3.8, 4) is 11.5 Å². The topological polar surface area (TPSA) is 73.2 Å². The molecule has 3 unspecified atom stereocenters. The molecule has 2 N–H and O–H groups in total. The molecule has 2 aliphatic heterocycles. The number of aromatic hydroxyl groups is 1. The number of amides is 1. The number of ether oxygens (including phenoxy) is 1. The van der Waals surface area contributed by atoms with Crippen LogP contribution in [-0.4, -0.2) is 69.8 Å². The largest absolute Gasteiger partial charge is 0.504 e. The minimum atomic E-state index is -4.42. The van der Waals surface area contributed by atoms with Crippen molar-refractivity contribution < 1.29 is 32.9 Å². The van der Waals surface area contributed by atoms with Crippen LogP contribution in [0.2, 0.25) is 0 Å². The Labute approximate surface area is 231 Å². The van der Waals surface area contributed by atoms with Crippen LogP contribution in [0.5, 0.6) is 11.5 Å². The van der Waals surface area contributed by atoms with Crippen molar-refractivity contribution >= 4 is 12.0 Å². The number of aliphatic hydroxyl groups is 1. The SMILES string of the molecule is CN(C(=O)/C=C/c1ccc(C(F)(F)F)cc1)C1CCC2(O)[C@H]3Cc4ccc(O)c5c4[C@@]2(CCN3CC2CC2)C1O5. The molecule has 6 nitrogen and oxygen atoms in total. The maximum atomic E-state index is 13.3. The molecule has 2 heterocycles. The van der Waals surface area contributed by atoms with E-state index in [1.807, 2.05) is 6.07 Å². The van der Waals surface area contributed by atoms with Gasteiger partial charge >= 0.3 is 6.18 Å². The second-order valence-electron chi connectivity index (χ2n) is 12.3. The number of nitrogens with zero attached hydrogens (tertiary/aromatic N) is 2. The summed E-state index contributed by atoms with van der Waals surface area (Å²) in [6.07, 6.45) is 2.86. The van der Waals surface area contributed by atoms with Gasteiger partial charge in [-0.1, -0.05) is 18.2 Å². The van der Waals surface area contributed by atoms with Crippen LogP contribution in [0.3, 0.4) is 0 Å². The van der Waals surface area contributed by atoms with Crippen LogP contribution < -0.4 is 4.74 Å². The molecule has 2 aromatic carbocycles. The van der Waals surface area contributed by atoms with Crippen LogP contribution in [0.4, 0.5) is 13.2 Å². The molecule has 2 bridgehead atoms. The minimum absolute atomic E-state index is 0.0440. The molecule has 7 rings (SSSR count). The van der Waals surface area contributed by atoms with Crippen molar-refractivity contribution in [2.24, 2.45) is 5.92 Å². The fourth-order valence-electron chi connectivity index (χ4n) is 8.08. The Kier molecular flexibility index (Phi) is 5.65. The summed E-state index contributed by atoms with van der Waals surface area (Å²) in [6, 6.07) is 7.91. The molecule has 0 radical (unpaired) electrons. The van der Waals surface area contributed by atoms with E-state index >= 15 is 0 Å². The summed E-state index contributed by atoms with van der Waals surface area (Å²) in [5.74, 6) is 0.887. The number of likely N-dealkylation sites (tertiary alicyclic amines) is 1. The molecule has 0 aromatic heterocycles. The number of likely N-dealkylation sites (N-methyl/N-ethyl adjacent to an activating group) is 1. The second-order valence-corrected chi connectivity index (χ2v) is 12.3. The third kappa shape index (κ3) is 3.66. The highest BCUT2D eigenvalue weighted by atomic mass is 19.4. The summed E-state index contributed by atoms with van der Waals surface area (Å²) in [6.45, 7) is 1.82. The first-order chi connectivity index (χ1) is 19.0. The second kappa shape index (κ2) is 8.73. The molecule has 1 spiro atoms. The Hall–Kier alpha value is -3.04. The lowest BCUT2D eigenvalue weighted by molar-refractivity contribution is -0.200. The number of piperidine rings is 1. The van der Waals surface area contributed by atoms with Gasteiger partial charge in [-0.05, 0) is 86.4 Å². The summed E-state index contributed by atoms with van der Waals surface area (Å²) >= 11 is 0. The molecule has 3 aliphatic carbocycles. The monoisotopic (exact) mass is 554 g/mol. The fraction of sp³-hybridized carbons (Fsp3) is 0.516. The number of halogens is 3. The maximum absolute atomic E-state index is 13.3. The predicted molar refractivity (Wildman–Crippen MR) is 142 cm³/mol. The highest BCUT2D eigenvalue weighted by molar-refractivity contribution is 5.92. The van der Waals surface area contributed by atoms with Gasteiger partial charge in [0.05, 0.1) is 22.6 Å². The van der Waals surface area contributed by atoms with E-state index < -0.39 is 28.9 Å². The molecule has 2 saturated carbocycles. The van der Waals surface area contributed by atoms with Gasteiger partial charge < -0.3 is 19.8 Å². The van der Waals surface area contributed by atoms with Crippen LogP contribution in [0.1, 0.15) is 54.4 Å². The molecular formula is C31H33F3N2O4. The van der Waals surface area contributed by atoms with E-state index in [1.165, 1.54) is 37.1 Å². The Morgan fingerprint density at radius 3 is 2.60 bits per heavy atom. The predicted octanol–water partition coefficient (Wildman–Crippen LogP) is 4.52. The molecule has 40 heavy (non-hydrogen) atoms. The minimum Gasteiger partial charge on any atom is -0.504 e. The maximum Gasteiger partial charge on any atom is 0.416 e. The van der Waals surface area contributed by atoms with E-state index in [0.717, 1.165) is 36.3 Å². The van der Waals surface area contributed by atoms with Crippen LogP contribution >= 0.6 is 0 Å². The van der Waals surface area contributed by atoms with Crippen molar-refractivity contribution in [1.82, 2.24) is 9.80 Å². The first kappa shape index (κ1) is 25.9. The number of phenols is 1. The van der Waals surface area contributed by atoms with Gasteiger partial charge in [-0.3, -0.25) is 9.69 Å². The van der Waals surface area contributed by atoms with Crippen LogP contribution in [0.15, 0.2) is 42.5 Å². The van der Waals surface area contributed by atoms with Gasteiger partial charge in [0.15, 0.2) is 11.5 Å². The highest BCUT2D eigenvalue weighted by Gasteiger charge is 2.73. The Morgan fingerprint density at radius 2 is 1.90 bits per heavy atom. The average Bonchev–Trinajstić information content (AvgIpc) is 3.67. The van der Waals surface area contributed by atoms with Gasteiger partial charge in [-0.2, -0.15) is 13.2 Å². The number of rotatable bonds is 5. The van der Waals surface area contributed by atoms with Gasteiger partial charge in [0.2, 0.25) is 5.91 Å². The molecular weight excluding hydrogens is 521 g/mol. The number of hydrogen-bond acceptors (Lipinski definition) is 5. The van der Waals surface area contributed by atoms with Crippen molar-refractivity contribution in [2.45, 2.75) is 73.9 Å². The Balaban J connectivity index is 1.19. The lowest BCUT2D eigenvalue weighted by Crippen LogP contribution is -2.78. The molecule has 5 aliphatic rings. The standard InChI is InChI=1S/C31H33F3N2O4/c1-35(25(38)11-6-18-4-8-21(9-5-18)31(32,33)34)22-12-13-30(39)24-16-20-7-10-23(37)27-26(20)29(30,28(22)40-27)14-15-36(24)17-19-2-3-19/h4-11,19,22,24,28,37,39H,2-3,12-17H2,1H3/b11-6+/t22?,24-,28?,29+,30?/m1/s1. The summed E-state index contributed by atoms with van der Waals surface area (Å²) in [5.41, 5.74) is -0.00276. The van der Waals surface area contributed by atoms with Gasteiger partial charge in [-0.25, -0.2) is 0 Å². The highest BCUT2D eigenvalue weighted by Crippen LogP contribution is 2.66. The first-order valence-corrected chi connectivity index (χ1v) is 14.1. The van der Waals surface area contributed by atoms with E-state index in [4.69, 9.17) is 4.74 Å². The van der Waals surface area contributed by atoms with Gasteiger partial charge in [-0.15, -0.1) is 0 Å². The number of benzene rings is 2. The molecule has 3 fully saturated rings. The Morgan fingerprint density at radius 1 is 1.15 bits per heavy atom. The van der Waals surface area contributed by atoms with Crippen LogP contribution in [0, 0.1) is 5.92 Å². The quantitative estimate of drug-likeness (QED) is 0.532. The van der Waals surface area contributed by atoms with E-state index in [2.05, 4.69) is 4.90 Å². The van der Waals surface area contributed by atoms with E-state index in [9.17, 15) is 28.2 Å². The summed E-state index contributed by atoms with van der Waals surface area (Å²) in [5, 5.41) is 23.4. The van der Waals surface area contributed by atoms with Crippen molar-refractivity contribution in [3.63, 3.8) is 0 Å². The zero-order chi connectivity index (χ0) is 28.0. The summed E-state index contributed by atoms with van der Waals surface area (Å²) in [4.78, 5) is 17.4. The van der Waals surface area contributed by atoms with Crippen molar-refractivity contribution in [3.05, 3.63) is 64.7 Å². The molecule has 9 heteroatoms. The number of alkyl halides is 3. The van der Waals surface area contributed by atoms with Crippen molar-refractivity contribution in [2.75, 3.05) is 20.1 Å². The molecule has 1 amide bonds. The summed E-state index contributed by atoms with van der Waals surface area (Å²) < 4.78 is 45.2. The number of carbonyl (C=O) groups excluding carboxylic acids is 1. The normalized spacial score (nSPS) is 32.6. The van der Waals surface area contributed by atoms with Crippen LogP contribution in [-0.2, 0) is 22.8 Å². The zero-order valence-corrected chi connectivity index (χ0v) is 22.3. The molecule has 1 saturated heterocycles.